The minimum absolute atomic E-state index is 0.0555. The minimum atomic E-state index is -0.931. The van der Waals surface area contributed by atoms with E-state index in [1.807, 2.05) is 0 Å². The number of hydroxylamine groups is 1. The molecule has 2 aromatic rings. The first-order chi connectivity index (χ1) is 12.2. The average Bonchev–Trinajstić information content (AvgIpc) is 2.62. The van der Waals surface area contributed by atoms with Crippen LogP contribution in [-0.2, 0) is 17.9 Å². The van der Waals surface area contributed by atoms with Crippen LogP contribution in [0.4, 0.5) is 8.78 Å². The Morgan fingerprint density at radius 3 is 2.19 bits per heavy atom. The van der Waals surface area contributed by atoms with Crippen molar-refractivity contribution in [3.8, 4) is 5.75 Å². The van der Waals surface area contributed by atoms with Crippen molar-refractivity contribution in [1.82, 2.24) is 10.4 Å². The number of nitrogens with one attached hydrogen (secondary N) is 1. The van der Waals surface area contributed by atoms with E-state index in [0.29, 0.717) is 0 Å². The van der Waals surface area contributed by atoms with E-state index >= 15 is 0 Å². The van der Waals surface area contributed by atoms with Crippen molar-refractivity contribution in [3.63, 3.8) is 0 Å². The molecule has 0 aliphatic heterocycles. The predicted octanol–water partition coefficient (Wildman–Crippen LogP) is 3.79. The third kappa shape index (κ3) is 4.62. The van der Waals surface area contributed by atoms with Crippen molar-refractivity contribution in [2.45, 2.75) is 20.0 Å². The van der Waals surface area contributed by atoms with Crippen molar-refractivity contribution < 1.29 is 23.9 Å². The Kier molecular flexibility index (Phi) is 6.77. The van der Waals surface area contributed by atoms with E-state index in [-0.39, 0.29) is 46.4 Å². The van der Waals surface area contributed by atoms with Crippen molar-refractivity contribution in [1.29, 1.82) is 0 Å². The van der Waals surface area contributed by atoms with Crippen LogP contribution in [0.15, 0.2) is 24.3 Å². The maximum atomic E-state index is 14.4. The Labute approximate surface area is 158 Å². The van der Waals surface area contributed by atoms with Gasteiger partial charge in [0.15, 0.2) is 11.6 Å². The summed E-state index contributed by atoms with van der Waals surface area (Å²) >= 11 is 11.5. The number of rotatable bonds is 6. The third-order valence-electron chi connectivity index (χ3n) is 3.83. The molecule has 26 heavy (non-hydrogen) atoms. The van der Waals surface area contributed by atoms with Crippen LogP contribution < -0.4 is 5.48 Å². The van der Waals surface area contributed by atoms with Gasteiger partial charge in [-0.05, 0) is 19.1 Å². The Morgan fingerprint density at radius 2 is 1.62 bits per heavy atom. The van der Waals surface area contributed by atoms with E-state index in [2.05, 4.69) is 0 Å². The van der Waals surface area contributed by atoms with Gasteiger partial charge in [0.1, 0.15) is 5.82 Å². The van der Waals surface area contributed by atoms with Gasteiger partial charge in [-0.25, -0.2) is 14.3 Å². The first-order valence-corrected chi connectivity index (χ1v) is 8.24. The lowest BCUT2D eigenvalue weighted by molar-refractivity contribution is -0.130. The first kappa shape index (κ1) is 20.4. The van der Waals surface area contributed by atoms with E-state index in [4.69, 9.17) is 28.4 Å². The average molecular weight is 405 g/mol. The SMILES string of the molecule is Cc1c(Cl)ccc(CN(CC(=O)NO)Cc2ccc(Cl)c(O)c2F)c1F. The highest BCUT2D eigenvalue weighted by Crippen LogP contribution is 2.29. The molecule has 0 spiro atoms. The second kappa shape index (κ2) is 8.64. The molecular weight excluding hydrogens is 389 g/mol. The Hall–Kier alpha value is -1.93. The van der Waals surface area contributed by atoms with Crippen molar-refractivity contribution >= 4 is 29.1 Å². The van der Waals surface area contributed by atoms with Gasteiger partial charge in [-0.3, -0.25) is 14.9 Å². The number of carbonyl (C=O) groups excluding carboxylic acids is 1. The summed E-state index contributed by atoms with van der Waals surface area (Å²) < 4.78 is 28.6. The van der Waals surface area contributed by atoms with E-state index in [1.165, 1.54) is 41.6 Å². The van der Waals surface area contributed by atoms with Crippen LogP contribution in [0.5, 0.6) is 5.75 Å². The number of carbonyl (C=O) groups is 1. The molecule has 1 amide bonds. The summed E-state index contributed by atoms with van der Waals surface area (Å²) in [5.41, 5.74) is 2.04. The fraction of sp³-hybridized carbons (Fsp3) is 0.235. The van der Waals surface area contributed by atoms with Gasteiger partial charge < -0.3 is 5.11 Å². The highest BCUT2D eigenvalue weighted by molar-refractivity contribution is 6.32. The molecule has 0 saturated carbocycles. The van der Waals surface area contributed by atoms with Gasteiger partial charge in [-0.1, -0.05) is 35.3 Å². The molecular formula is C17H16Cl2F2N2O3. The van der Waals surface area contributed by atoms with Crippen molar-refractivity contribution in [2.75, 3.05) is 6.54 Å². The van der Waals surface area contributed by atoms with Crippen LogP contribution in [0.25, 0.3) is 0 Å². The maximum Gasteiger partial charge on any atom is 0.257 e. The van der Waals surface area contributed by atoms with Gasteiger partial charge in [-0.2, -0.15) is 0 Å². The van der Waals surface area contributed by atoms with E-state index in [9.17, 15) is 18.7 Å². The number of amides is 1. The molecule has 0 bridgehead atoms. The third-order valence-corrected chi connectivity index (χ3v) is 4.54. The van der Waals surface area contributed by atoms with Crippen LogP contribution in [0.1, 0.15) is 16.7 Å². The fourth-order valence-electron chi connectivity index (χ4n) is 2.43. The molecule has 0 aliphatic rings. The molecule has 5 nitrogen and oxygen atoms in total. The van der Waals surface area contributed by atoms with Gasteiger partial charge in [0.25, 0.3) is 5.91 Å². The predicted molar refractivity (Wildman–Crippen MR) is 93.3 cm³/mol. The topological polar surface area (TPSA) is 72.8 Å². The zero-order chi connectivity index (χ0) is 19.4. The highest BCUT2D eigenvalue weighted by Gasteiger charge is 2.19. The van der Waals surface area contributed by atoms with Gasteiger partial charge in [0.05, 0.1) is 11.6 Å². The monoisotopic (exact) mass is 404 g/mol. The quantitative estimate of drug-likeness (QED) is 0.505. The smallest absolute Gasteiger partial charge is 0.257 e. The molecule has 2 aromatic carbocycles. The second-order valence-corrected chi connectivity index (χ2v) is 6.51. The van der Waals surface area contributed by atoms with Gasteiger partial charge in [0.2, 0.25) is 0 Å². The molecule has 0 atom stereocenters. The summed E-state index contributed by atoms with van der Waals surface area (Å²) in [6.07, 6.45) is 0. The summed E-state index contributed by atoms with van der Waals surface area (Å²) in [5.74, 6) is -2.93. The molecule has 0 radical (unpaired) electrons. The summed E-state index contributed by atoms with van der Waals surface area (Å²) in [5, 5.41) is 18.5. The Bertz CT molecular complexity index is 775. The van der Waals surface area contributed by atoms with Gasteiger partial charge >= 0.3 is 0 Å². The maximum absolute atomic E-state index is 14.4. The number of phenolic OH excluding ortho intramolecular Hbond substituents is 1. The summed E-state index contributed by atoms with van der Waals surface area (Å²) in [7, 11) is 0. The van der Waals surface area contributed by atoms with Crippen LogP contribution in [-0.4, -0.2) is 27.7 Å². The van der Waals surface area contributed by atoms with Crippen molar-refractivity contribution in [3.05, 3.63) is 62.6 Å². The van der Waals surface area contributed by atoms with Crippen molar-refractivity contribution in [2.24, 2.45) is 0 Å². The number of benzene rings is 2. The molecule has 2 rings (SSSR count). The van der Waals surface area contributed by atoms with E-state index in [0.717, 1.165) is 0 Å². The summed E-state index contributed by atoms with van der Waals surface area (Å²) in [6.45, 7) is 0.995. The van der Waals surface area contributed by atoms with E-state index in [1.54, 1.807) is 0 Å². The molecule has 0 saturated heterocycles. The molecule has 3 N–H and O–H groups in total. The number of phenols is 1. The molecule has 0 aromatic heterocycles. The zero-order valence-corrected chi connectivity index (χ0v) is 15.2. The van der Waals surface area contributed by atoms with E-state index < -0.39 is 23.3 Å². The molecule has 0 unspecified atom stereocenters. The van der Waals surface area contributed by atoms with Crippen LogP contribution >= 0.6 is 23.2 Å². The van der Waals surface area contributed by atoms with Gasteiger partial charge in [-0.15, -0.1) is 0 Å². The Balaban J connectivity index is 2.31. The number of nitrogens with zero attached hydrogens (tertiary/aromatic N) is 1. The number of aromatic hydroxyl groups is 1. The largest absolute Gasteiger partial charge is 0.504 e. The van der Waals surface area contributed by atoms with Crippen LogP contribution in [0.3, 0.4) is 0 Å². The summed E-state index contributed by atoms with van der Waals surface area (Å²) in [4.78, 5) is 12.9. The fourth-order valence-corrected chi connectivity index (χ4v) is 2.72. The number of hydrogen-bond donors (Lipinski definition) is 3. The lowest BCUT2D eigenvalue weighted by Gasteiger charge is -2.22. The standard InChI is InChI=1S/C17H16Cl2F2N2O3/c1-9-12(18)4-2-10(15(9)20)6-23(8-14(24)22-26)7-11-3-5-13(19)17(25)16(11)21/h2-5,25-26H,6-8H2,1H3,(H,22,24). The molecule has 0 aliphatic carbocycles. The number of halogens is 4. The normalized spacial score (nSPS) is 11.0. The molecule has 140 valence electrons. The molecule has 9 heteroatoms. The lowest BCUT2D eigenvalue weighted by Crippen LogP contribution is -2.35. The highest BCUT2D eigenvalue weighted by atomic mass is 35.5. The molecule has 0 fully saturated rings. The number of hydrogen-bond acceptors (Lipinski definition) is 4. The first-order valence-electron chi connectivity index (χ1n) is 7.49. The lowest BCUT2D eigenvalue weighted by atomic mass is 10.1. The zero-order valence-electron chi connectivity index (χ0n) is 13.7. The summed E-state index contributed by atoms with van der Waals surface area (Å²) in [6, 6.07) is 5.65. The van der Waals surface area contributed by atoms with Crippen LogP contribution in [0.2, 0.25) is 10.0 Å². The second-order valence-electron chi connectivity index (χ2n) is 5.69. The molecule has 0 heterocycles. The van der Waals surface area contributed by atoms with Crippen LogP contribution in [0, 0.1) is 18.6 Å². The Morgan fingerprint density at radius 1 is 1.08 bits per heavy atom. The van der Waals surface area contributed by atoms with Gasteiger partial charge in [0, 0.05) is 34.8 Å². The minimum Gasteiger partial charge on any atom is -0.504 e.